The van der Waals surface area contributed by atoms with E-state index in [1.54, 1.807) is 6.07 Å². The van der Waals surface area contributed by atoms with Gasteiger partial charge in [0.1, 0.15) is 0 Å². The number of aryl methyl sites for hydroxylation is 1. The maximum Gasteiger partial charge on any atom is 0.224 e. The van der Waals surface area contributed by atoms with Crippen LogP contribution in [0.15, 0.2) is 48.5 Å². The van der Waals surface area contributed by atoms with Crippen LogP contribution in [0.5, 0.6) is 0 Å². The van der Waals surface area contributed by atoms with Crippen LogP contribution in [-0.4, -0.2) is 11.8 Å². The first-order valence-corrected chi connectivity index (χ1v) is 9.11. The monoisotopic (exact) mass is 353 g/mol. The summed E-state index contributed by atoms with van der Waals surface area (Å²) in [5.74, 6) is -0.0672. The number of hydrogen-bond donors (Lipinski definition) is 3. The van der Waals surface area contributed by atoms with Crippen LogP contribution in [0.4, 0.5) is 17.1 Å². The Labute approximate surface area is 155 Å². The molecule has 4 N–H and O–H groups in total. The molecule has 0 saturated carbocycles. The summed E-state index contributed by atoms with van der Waals surface area (Å²) in [5.41, 5.74) is 8.85. The summed E-state index contributed by atoms with van der Waals surface area (Å²) in [6.07, 6.45) is 4.55. The van der Waals surface area contributed by atoms with Crippen LogP contribution >= 0.6 is 0 Å². The highest BCUT2D eigenvalue weighted by Gasteiger charge is 2.06. The van der Waals surface area contributed by atoms with Crippen molar-refractivity contribution in [2.75, 3.05) is 16.4 Å². The topological polar surface area (TPSA) is 84.2 Å². The molecule has 0 bridgehead atoms. The van der Waals surface area contributed by atoms with Crippen LogP contribution in [-0.2, 0) is 16.0 Å². The maximum atomic E-state index is 12.1. The fourth-order valence-corrected chi connectivity index (χ4v) is 2.66. The van der Waals surface area contributed by atoms with Crippen LogP contribution in [0.2, 0.25) is 0 Å². The van der Waals surface area contributed by atoms with E-state index in [-0.39, 0.29) is 11.8 Å². The Morgan fingerprint density at radius 1 is 0.885 bits per heavy atom. The molecule has 0 aliphatic carbocycles. The molecule has 0 aliphatic heterocycles. The van der Waals surface area contributed by atoms with Crippen LogP contribution in [0, 0.1) is 0 Å². The zero-order valence-corrected chi connectivity index (χ0v) is 15.3. The average Bonchev–Trinajstić information content (AvgIpc) is 2.60. The van der Waals surface area contributed by atoms with E-state index in [4.69, 9.17) is 5.73 Å². The lowest BCUT2D eigenvalue weighted by atomic mass is 10.1. The zero-order chi connectivity index (χ0) is 18.8. The third kappa shape index (κ3) is 6.97. The number of benzene rings is 2. The number of anilines is 3. The van der Waals surface area contributed by atoms with Gasteiger partial charge in [0.15, 0.2) is 0 Å². The number of carbonyl (C=O) groups is 2. The molecule has 0 saturated heterocycles. The molecule has 0 heterocycles. The predicted molar refractivity (Wildman–Crippen MR) is 107 cm³/mol. The quantitative estimate of drug-likeness (QED) is 0.462. The third-order valence-corrected chi connectivity index (χ3v) is 4.03. The van der Waals surface area contributed by atoms with Gasteiger partial charge in [-0.15, -0.1) is 0 Å². The van der Waals surface area contributed by atoms with Gasteiger partial charge in [0.05, 0.1) is 0 Å². The lowest BCUT2D eigenvalue weighted by molar-refractivity contribution is -0.117. The number of nitrogens with two attached hydrogens (primary N) is 1. The van der Waals surface area contributed by atoms with Crippen LogP contribution < -0.4 is 16.4 Å². The van der Waals surface area contributed by atoms with Gasteiger partial charge >= 0.3 is 0 Å². The maximum absolute atomic E-state index is 12.1. The van der Waals surface area contributed by atoms with Crippen molar-refractivity contribution in [2.24, 2.45) is 0 Å². The van der Waals surface area contributed by atoms with Gasteiger partial charge in [-0.3, -0.25) is 9.59 Å². The molecular weight excluding hydrogens is 326 g/mol. The third-order valence-electron chi connectivity index (χ3n) is 4.03. The Bertz CT molecular complexity index is 744. The van der Waals surface area contributed by atoms with Crippen molar-refractivity contribution in [1.29, 1.82) is 0 Å². The molecule has 0 aliphatic rings. The molecule has 2 amide bonds. The lowest BCUT2D eigenvalue weighted by Gasteiger charge is -2.09. The number of unbranched alkanes of at least 4 members (excludes halogenated alkanes) is 2. The van der Waals surface area contributed by atoms with Gasteiger partial charge in [0, 0.05) is 29.9 Å². The Balaban J connectivity index is 1.83. The molecule has 0 atom stereocenters. The summed E-state index contributed by atoms with van der Waals surface area (Å²) in [5, 5.41) is 5.75. The predicted octanol–water partition coefficient (Wildman–Crippen LogP) is 4.36. The Morgan fingerprint density at radius 2 is 1.54 bits per heavy atom. The average molecular weight is 353 g/mol. The van der Waals surface area contributed by atoms with Gasteiger partial charge < -0.3 is 16.4 Å². The van der Waals surface area contributed by atoms with E-state index in [1.165, 1.54) is 0 Å². The highest BCUT2D eigenvalue weighted by atomic mass is 16.2. The van der Waals surface area contributed by atoms with E-state index in [2.05, 4.69) is 17.6 Å². The Morgan fingerprint density at radius 3 is 2.19 bits per heavy atom. The van der Waals surface area contributed by atoms with Gasteiger partial charge in [-0.25, -0.2) is 0 Å². The smallest absolute Gasteiger partial charge is 0.224 e. The minimum Gasteiger partial charge on any atom is -0.399 e. The number of carbonyl (C=O) groups excluding carboxylic acids is 2. The van der Waals surface area contributed by atoms with Gasteiger partial charge in [-0.2, -0.15) is 0 Å². The molecule has 26 heavy (non-hydrogen) atoms. The summed E-state index contributed by atoms with van der Waals surface area (Å²) >= 11 is 0. The van der Waals surface area contributed by atoms with Gasteiger partial charge in [-0.1, -0.05) is 38.0 Å². The molecule has 5 nitrogen and oxygen atoms in total. The first-order chi connectivity index (χ1) is 12.6. The van der Waals surface area contributed by atoms with E-state index >= 15 is 0 Å². The summed E-state index contributed by atoms with van der Waals surface area (Å²) in [6, 6.07) is 14.8. The van der Waals surface area contributed by atoms with Crippen molar-refractivity contribution < 1.29 is 9.59 Å². The standard InChI is InChI=1S/C21H27N3O2/c1-2-3-4-11-20(25)23-18-9-6-10-19(15-18)24-21(26)13-12-16-7-5-8-17(22)14-16/h5-10,14-15H,2-4,11-13,22H2,1H3,(H,23,25)(H,24,26). The Kier molecular flexibility index (Phi) is 7.68. The SMILES string of the molecule is CCCCCC(=O)Nc1cccc(NC(=O)CCc2cccc(N)c2)c1. The van der Waals surface area contributed by atoms with Crippen molar-refractivity contribution in [3.05, 3.63) is 54.1 Å². The van der Waals surface area contributed by atoms with Gasteiger partial charge in [0.2, 0.25) is 11.8 Å². The van der Waals surface area contributed by atoms with Gasteiger partial charge in [-0.05, 0) is 48.7 Å². The van der Waals surface area contributed by atoms with E-state index < -0.39 is 0 Å². The first kappa shape index (κ1) is 19.5. The molecule has 2 aromatic carbocycles. The highest BCUT2D eigenvalue weighted by molar-refractivity contribution is 5.94. The number of nitrogens with one attached hydrogen (secondary N) is 2. The second kappa shape index (κ2) is 10.2. The second-order valence-corrected chi connectivity index (χ2v) is 6.38. The van der Waals surface area contributed by atoms with Gasteiger partial charge in [0.25, 0.3) is 0 Å². The largest absolute Gasteiger partial charge is 0.399 e. The van der Waals surface area contributed by atoms with Crippen LogP contribution in [0.1, 0.15) is 44.6 Å². The number of hydrogen-bond acceptors (Lipinski definition) is 3. The number of nitrogen functional groups attached to an aromatic ring is 1. The molecule has 2 aromatic rings. The molecule has 0 aromatic heterocycles. The second-order valence-electron chi connectivity index (χ2n) is 6.38. The fraction of sp³-hybridized carbons (Fsp3) is 0.333. The van der Waals surface area contributed by atoms with E-state index in [1.807, 2.05) is 42.5 Å². The summed E-state index contributed by atoms with van der Waals surface area (Å²) in [6.45, 7) is 2.11. The fourth-order valence-electron chi connectivity index (χ4n) is 2.66. The normalized spacial score (nSPS) is 10.3. The van der Waals surface area contributed by atoms with Crippen molar-refractivity contribution in [1.82, 2.24) is 0 Å². The molecule has 138 valence electrons. The van der Waals surface area contributed by atoms with E-state index in [9.17, 15) is 9.59 Å². The molecule has 2 rings (SSSR count). The molecule has 0 spiro atoms. The highest BCUT2D eigenvalue weighted by Crippen LogP contribution is 2.16. The zero-order valence-electron chi connectivity index (χ0n) is 15.3. The molecule has 0 radical (unpaired) electrons. The minimum absolute atomic E-state index is 0.00333. The number of rotatable bonds is 9. The van der Waals surface area contributed by atoms with Crippen LogP contribution in [0.25, 0.3) is 0 Å². The Hall–Kier alpha value is -2.82. The minimum atomic E-state index is -0.0705. The molecule has 0 unspecified atom stereocenters. The number of amides is 2. The lowest BCUT2D eigenvalue weighted by Crippen LogP contribution is -2.14. The summed E-state index contributed by atoms with van der Waals surface area (Å²) in [4.78, 5) is 24.0. The van der Waals surface area contributed by atoms with Crippen LogP contribution in [0.3, 0.4) is 0 Å². The van der Waals surface area contributed by atoms with Crippen molar-refractivity contribution in [3.63, 3.8) is 0 Å². The van der Waals surface area contributed by atoms with Crippen molar-refractivity contribution in [3.8, 4) is 0 Å². The van der Waals surface area contributed by atoms with E-state index in [0.717, 1.165) is 24.8 Å². The summed E-state index contributed by atoms with van der Waals surface area (Å²) < 4.78 is 0. The van der Waals surface area contributed by atoms with Crippen molar-refractivity contribution >= 4 is 28.9 Å². The molecular formula is C21H27N3O2. The molecule has 5 heteroatoms. The van der Waals surface area contributed by atoms with E-state index in [0.29, 0.717) is 36.3 Å². The first-order valence-electron chi connectivity index (χ1n) is 9.11. The van der Waals surface area contributed by atoms with Crippen molar-refractivity contribution in [2.45, 2.75) is 45.4 Å². The molecule has 0 fully saturated rings. The summed E-state index contributed by atoms with van der Waals surface area (Å²) in [7, 11) is 0.